The molecule has 0 N–H and O–H groups in total. The molecule has 0 unspecified atom stereocenters. The molecule has 4 nitrogen and oxygen atoms in total. The number of thiazole rings is 1. The highest BCUT2D eigenvalue weighted by atomic mass is 32.1. The van der Waals surface area contributed by atoms with Crippen LogP contribution >= 0.6 is 11.3 Å². The highest BCUT2D eigenvalue weighted by Gasteiger charge is 2.15. The van der Waals surface area contributed by atoms with Crippen molar-refractivity contribution in [1.29, 1.82) is 0 Å². The zero-order chi connectivity index (χ0) is 12.0. The summed E-state index contributed by atoms with van der Waals surface area (Å²) in [5, 5.41) is 7.47. The molecule has 5 heteroatoms. The summed E-state index contributed by atoms with van der Waals surface area (Å²) in [4.78, 5) is 8.92. The summed E-state index contributed by atoms with van der Waals surface area (Å²) in [5.74, 6) is 0. The molecule has 86 valence electrons. The van der Waals surface area contributed by atoms with E-state index < -0.39 is 0 Å². The van der Waals surface area contributed by atoms with E-state index in [1.807, 2.05) is 36.0 Å². The van der Waals surface area contributed by atoms with Gasteiger partial charge in [-0.25, -0.2) is 14.5 Å². The molecule has 0 spiro atoms. The number of aromatic nitrogens is 4. The average molecular weight is 244 g/mol. The van der Waals surface area contributed by atoms with Gasteiger partial charge in [-0.15, -0.1) is 11.3 Å². The van der Waals surface area contributed by atoms with E-state index in [2.05, 4.69) is 22.0 Å². The van der Waals surface area contributed by atoms with Gasteiger partial charge in [0.15, 0.2) is 5.65 Å². The summed E-state index contributed by atoms with van der Waals surface area (Å²) in [5.41, 5.74) is 5.02. The lowest BCUT2D eigenvalue weighted by Gasteiger charge is -2.01. The van der Waals surface area contributed by atoms with Gasteiger partial charge in [0.25, 0.3) is 0 Å². The molecule has 0 saturated carbocycles. The molecule has 0 amide bonds. The SMILES string of the molecule is Cc1cc(C)c2nc(C)c(-c3nccs3)n2n1. The lowest BCUT2D eigenvalue weighted by Crippen LogP contribution is -1.98. The lowest BCUT2D eigenvalue weighted by atomic mass is 10.3. The van der Waals surface area contributed by atoms with Crippen LogP contribution in [-0.4, -0.2) is 19.6 Å². The van der Waals surface area contributed by atoms with Crippen molar-refractivity contribution in [3.8, 4) is 10.7 Å². The smallest absolute Gasteiger partial charge is 0.157 e. The second-order valence-electron chi connectivity index (χ2n) is 4.09. The predicted octanol–water partition coefficient (Wildman–Crippen LogP) is 2.78. The molecular formula is C12H12N4S. The Hall–Kier alpha value is -1.75. The summed E-state index contributed by atoms with van der Waals surface area (Å²) >= 11 is 1.61. The lowest BCUT2D eigenvalue weighted by molar-refractivity contribution is 0.897. The number of imidazole rings is 1. The van der Waals surface area contributed by atoms with Crippen LogP contribution in [0.2, 0.25) is 0 Å². The Morgan fingerprint density at radius 2 is 2.06 bits per heavy atom. The monoisotopic (exact) mass is 244 g/mol. The zero-order valence-corrected chi connectivity index (χ0v) is 10.7. The number of hydrogen-bond donors (Lipinski definition) is 0. The first-order valence-corrected chi connectivity index (χ1v) is 6.28. The molecule has 0 radical (unpaired) electrons. The first kappa shape index (κ1) is 10.4. The minimum absolute atomic E-state index is 0.915. The van der Waals surface area contributed by atoms with Crippen molar-refractivity contribution in [2.24, 2.45) is 0 Å². The average Bonchev–Trinajstić information content (AvgIpc) is 2.84. The molecule has 0 aliphatic carbocycles. The molecule has 3 aromatic rings. The molecular weight excluding hydrogens is 232 g/mol. The van der Waals surface area contributed by atoms with Crippen LogP contribution in [-0.2, 0) is 0 Å². The van der Waals surface area contributed by atoms with Gasteiger partial charge in [0.2, 0.25) is 0 Å². The fourth-order valence-corrected chi connectivity index (χ4v) is 2.74. The second kappa shape index (κ2) is 3.63. The van der Waals surface area contributed by atoms with Crippen molar-refractivity contribution >= 4 is 17.0 Å². The van der Waals surface area contributed by atoms with Crippen molar-refractivity contribution in [3.05, 3.63) is 34.6 Å². The largest absolute Gasteiger partial charge is 0.243 e. The van der Waals surface area contributed by atoms with Crippen molar-refractivity contribution in [3.63, 3.8) is 0 Å². The highest BCUT2D eigenvalue weighted by molar-refractivity contribution is 7.13. The third kappa shape index (κ3) is 1.54. The first-order chi connectivity index (χ1) is 8.16. The number of fused-ring (bicyclic) bond motifs is 1. The number of aryl methyl sites for hydroxylation is 3. The molecule has 0 atom stereocenters. The molecule has 17 heavy (non-hydrogen) atoms. The van der Waals surface area contributed by atoms with E-state index in [4.69, 9.17) is 0 Å². The van der Waals surface area contributed by atoms with Crippen LogP contribution in [0.4, 0.5) is 0 Å². The van der Waals surface area contributed by atoms with Gasteiger partial charge in [-0.1, -0.05) is 0 Å². The van der Waals surface area contributed by atoms with Crippen LogP contribution in [0, 0.1) is 20.8 Å². The quantitative estimate of drug-likeness (QED) is 0.661. The Balaban J connectivity index is 2.42. The summed E-state index contributed by atoms with van der Waals surface area (Å²) in [6, 6.07) is 2.05. The highest BCUT2D eigenvalue weighted by Crippen LogP contribution is 2.26. The zero-order valence-electron chi connectivity index (χ0n) is 9.93. The van der Waals surface area contributed by atoms with Gasteiger partial charge in [-0.2, -0.15) is 5.10 Å². The van der Waals surface area contributed by atoms with Crippen LogP contribution in [0.1, 0.15) is 17.0 Å². The topological polar surface area (TPSA) is 43.1 Å². The van der Waals surface area contributed by atoms with Gasteiger partial charge >= 0.3 is 0 Å². The Morgan fingerprint density at radius 3 is 2.76 bits per heavy atom. The maximum absolute atomic E-state index is 4.58. The van der Waals surface area contributed by atoms with Crippen molar-refractivity contribution < 1.29 is 0 Å². The summed E-state index contributed by atoms with van der Waals surface area (Å²) in [6.07, 6.45) is 1.81. The molecule has 3 rings (SSSR count). The van der Waals surface area contributed by atoms with Crippen LogP contribution in [0.25, 0.3) is 16.3 Å². The van der Waals surface area contributed by atoms with E-state index in [1.54, 1.807) is 11.3 Å². The summed E-state index contributed by atoms with van der Waals surface area (Å²) < 4.78 is 1.90. The Morgan fingerprint density at radius 1 is 1.24 bits per heavy atom. The van der Waals surface area contributed by atoms with E-state index in [-0.39, 0.29) is 0 Å². The molecule has 3 heterocycles. The Kier molecular flexibility index (Phi) is 2.22. The molecule has 0 aliphatic rings. The Bertz CT molecular complexity index is 682. The molecule has 0 saturated heterocycles. The maximum atomic E-state index is 4.58. The van der Waals surface area contributed by atoms with Crippen molar-refractivity contribution in [2.45, 2.75) is 20.8 Å². The van der Waals surface area contributed by atoms with Gasteiger partial charge in [0.05, 0.1) is 11.4 Å². The van der Waals surface area contributed by atoms with E-state index in [9.17, 15) is 0 Å². The fourth-order valence-electron chi connectivity index (χ4n) is 2.02. The second-order valence-corrected chi connectivity index (χ2v) is 4.98. The standard InChI is InChI=1S/C12H12N4S/c1-7-6-8(2)15-16-10(9(3)14-11(7)16)12-13-4-5-17-12/h4-6H,1-3H3. The third-order valence-electron chi connectivity index (χ3n) is 2.70. The fraction of sp³-hybridized carbons (Fsp3) is 0.250. The van der Waals surface area contributed by atoms with E-state index in [1.165, 1.54) is 0 Å². The number of rotatable bonds is 1. The normalized spacial score (nSPS) is 11.2. The van der Waals surface area contributed by atoms with Crippen LogP contribution in [0.15, 0.2) is 17.6 Å². The summed E-state index contributed by atoms with van der Waals surface area (Å²) in [6.45, 7) is 6.05. The van der Waals surface area contributed by atoms with Gasteiger partial charge < -0.3 is 0 Å². The van der Waals surface area contributed by atoms with Gasteiger partial charge in [-0.3, -0.25) is 0 Å². The molecule has 0 aliphatic heterocycles. The number of nitrogens with zero attached hydrogens (tertiary/aromatic N) is 4. The van der Waals surface area contributed by atoms with Crippen molar-refractivity contribution in [2.75, 3.05) is 0 Å². The molecule has 0 aromatic carbocycles. The summed E-state index contributed by atoms with van der Waals surface area (Å²) in [7, 11) is 0. The van der Waals surface area contributed by atoms with Gasteiger partial charge in [0, 0.05) is 11.6 Å². The predicted molar refractivity (Wildman–Crippen MR) is 68.3 cm³/mol. The van der Waals surface area contributed by atoms with E-state index in [0.29, 0.717) is 0 Å². The van der Waals surface area contributed by atoms with Gasteiger partial charge in [0.1, 0.15) is 10.7 Å². The van der Waals surface area contributed by atoms with E-state index in [0.717, 1.165) is 33.3 Å². The molecule has 3 aromatic heterocycles. The first-order valence-electron chi connectivity index (χ1n) is 5.40. The van der Waals surface area contributed by atoms with Crippen LogP contribution in [0.5, 0.6) is 0 Å². The molecule has 0 bridgehead atoms. The van der Waals surface area contributed by atoms with Crippen LogP contribution < -0.4 is 0 Å². The maximum Gasteiger partial charge on any atom is 0.157 e. The third-order valence-corrected chi connectivity index (χ3v) is 3.48. The van der Waals surface area contributed by atoms with Crippen LogP contribution in [0.3, 0.4) is 0 Å². The molecule has 0 fully saturated rings. The van der Waals surface area contributed by atoms with Gasteiger partial charge in [-0.05, 0) is 32.4 Å². The minimum Gasteiger partial charge on any atom is -0.243 e. The van der Waals surface area contributed by atoms with E-state index >= 15 is 0 Å². The number of hydrogen-bond acceptors (Lipinski definition) is 4. The minimum atomic E-state index is 0.915. The van der Waals surface area contributed by atoms with Crippen molar-refractivity contribution in [1.82, 2.24) is 19.6 Å². The Labute approximate surface area is 103 Å².